The molecule has 104 valence electrons. The predicted octanol–water partition coefficient (Wildman–Crippen LogP) is 3.25. The molecule has 2 aromatic rings. The van der Waals surface area contributed by atoms with E-state index in [-0.39, 0.29) is 5.82 Å². The van der Waals surface area contributed by atoms with Crippen molar-refractivity contribution in [1.29, 1.82) is 0 Å². The lowest BCUT2D eigenvalue weighted by Crippen LogP contribution is -2.30. The Morgan fingerprint density at radius 2 is 2.16 bits per heavy atom. The molecule has 0 saturated heterocycles. The molecule has 0 amide bonds. The molecular formula is C14H19ClFN3. The van der Waals surface area contributed by atoms with Crippen molar-refractivity contribution in [2.45, 2.75) is 32.3 Å². The maximum atomic E-state index is 13.2. The molecule has 1 heterocycles. The summed E-state index contributed by atoms with van der Waals surface area (Å²) >= 11 is 5.93. The van der Waals surface area contributed by atoms with Crippen LogP contribution in [0.15, 0.2) is 18.2 Å². The number of halogens is 2. The van der Waals surface area contributed by atoms with E-state index >= 15 is 0 Å². The lowest BCUT2D eigenvalue weighted by Gasteiger charge is -2.21. The van der Waals surface area contributed by atoms with Crippen LogP contribution in [0.1, 0.15) is 19.7 Å². The summed E-state index contributed by atoms with van der Waals surface area (Å²) in [5, 5.41) is 0. The van der Waals surface area contributed by atoms with Crippen molar-refractivity contribution in [3.05, 3.63) is 29.8 Å². The Balaban J connectivity index is 2.30. The van der Waals surface area contributed by atoms with Crippen LogP contribution in [0.3, 0.4) is 0 Å². The number of hydrogen-bond acceptors (Lipinski definition) is 2. The highest BCUT2D eigenvalue weighted by molar-refractivity contribution is 6.16. The smallest absolute Gasteiger partial charge is 0.125 e. The van der Waals surface area contributed by atoms with Crippen molar-refractivity contribution < 1.29 is 4.39 Å². The molecule has 0 radical (unpaired) electrons. The largest absolute Gasteiger partial charge is 0.326 e. The van der Waals surface area contributed by atoms with E-state index in [9.17, 15) is 4.39 Å². The van der Waals surface area contributed by atoms with E-state index in [0.717, 1.165) is 24.4 Å². The molecule has 2 rings (SSSR count). The molecule has 0 N–H and O–H groups in total. The summed E-state index contributed by atoms with van der Waals surface area (Å²) in [4.78, 5) is 6.64. The van der Waals surface area contributed by atoms with Gasteiger partial charge in [-0.1, -0.05) is 0 Å². The summed E-state index contributed by atoms with van der Waals surface area (Å²) in [5.41, 5.74) is 1.61. The van der Waals surface area contributed by atoms with Gasteiger partial charge in [0, 0.05) is 25.2 Å². The van der Waals surface area contributed by atoms with E-state index < -0.39 is 0 Å². The lowest BCUT2D eigenvalue weighted by molar-refractivity contribution is 0.263. The summed E-state index contributed by atoms with van der Waals surface area (Å²) < 4.78 is 15.3. The van der Waals surface area contributed by atoms with Gasteiger partial charge in [-0.2, -0.15) is 0 Å². The van der Waals surface area contributed by atoms with E-state index in [1.165, 1.54) is 12.1 Å². The van der Waals surface area contributed by atoms with Crippen LogP contribution >= 0.6 is 11.6 Å². The summed E-state index contributed by atoms with van der Waals surface area (Å²) in [7, 11) is 2.09. The lowest BCUT2D eigenvalue weighted by atomic mass is 10.3. The standard InChI is InChI=1S/C14H19ClFN3/c1-10(2)18(3)6-7-19-13-5-4-11(16)8-12(13)17-14(19)9-15/h4-5,8,10H,6-7,9H2,1-3H3. The third kappa shape index (κ3) is 3.07. The molecule has 1 aromatic heterocycles. The molecule has 0 aliphatic heterocycles. The minimum atomic E-state index is -0.266. The zero-order valence-corrected chi connectivity index (χ0v) is 12.3. The second-order valence-corrected chi connectivity index (χ2v) is 5.29. The SMILES string of the molecule is CC(C)N(C)CCn1c(CCl)nc2cc(F)ccc21. The van der Waals surface area contributed by atoms with Gasteiger partial charge in [0.25, 0.3) is 0 Å². The first-order valence-corrected chi connectivity index (χ1v) is 6.97. The summed E-state index contributed by atoms with van der Waals surface area (Å²) in [6.45, 7) is 6.02. The van der Waals surface area contributed by atoms with Gasteiger partial charge in [-0.3, -0.25) is 0 Å². The third-order valence-corrected chi connectivity index (χ3v) is 3.71. The van der Waals surface area contributed by atoms with Gasteiger partial charge in [-0.05, 0) is 33.0 Å². The number of fused-ring (bicyclic) bond motifs is 1. The molecule has 0 aliphatic carbocycles. The van der Waals surface area contributed by atoms with Crippen LogP contribution < -0.4 is 0 Å². The van der Waals surface area contributed by atoms with Gasteiger partial charge in [0.1, 0.15) is 11.6 Å². The average molecular weight is 284 g/mol. The van der Waals surface area contributed by atoms with Gasteiger partial charge in [-0.25, -0.2) is 9.37 Å². The van der Waals surface area contributed by atoms with Crippen LogP contribution in [0.4, 0.5) is 4.39 Å². The van der Waals surface area contributed by atoms with Crippen LogP contribution in [0.2, 0.25) is 0 Å². The van der Waals surface area contributed by atoms with Gasteiger partial charge in [0.2, 0.25) is 0 Å². The molecule has 0 bridgehead atoms. The average Bonchev–Trinajstić information content (AvgIpc) is 2.72. The zero-order chi connectivity index (χ0) is 14.0. The number of hydrogen-bond donors (Lipinski definition) is 0. The number of rotatable bonds is 5. The number of nitrogens with zero attached hydrogens (tertiary/aromatic N) is 3. The van der Waals surface area contributed by atoms with Gasteiger partial charge in [-0.15, -0.1) is 11.6 Å². The Labute approximate surface area is 118 Å². The fraction of sp³-hybridized carbons (Fsp3) is 0.500. The minimum Gasteiger partial charge on any atom is -0.326 e. The highest BCUT2D eigenvalue weighted by Gasteiger charge is 2.12. The van der Waals surface area contributed by atoms with Crippen LogP contribution in [-0.4, -0.2) is 34.1 Å². The van der Waals surface area contributed by atoms with Crippen LogP contribution in [0.5, 0.6) is 0 Å². The van der Waals surface area contributed by atoms with Crippen LogP contribution in [-0.2, 0) is 12.4 Å². The van der Waals surface area contributed by atoms with Crippen molar-refractivity contribution in [3.63, 3.8) is 0 Å². The topological polar surface area (TPSA) is 21.1 Å². The fourth-order valence-electron chi connectivity index (χ4n) is 2.02. The molecule has 5 heteroatoms. The minimum absolute atomic E-state index is 0.266. The molecule has 0 spiro atoms. The monoisotopic (exact) mass is 283 g/mol. The van der Waals surface area contributed by atoms with Crippen molar-refractivity contribution in [1.82, 2.24) is 14.5 Å². The van der Waals surface area contributed by atoms with Gasteiger partial charge in [0.05, 0.1) is 16.9 Å². The molecular weight excluding hydrogens is 265 g/mol. The Bertz CT molecular complexity index is 565. The normalized spacial score (nSPS) is 11.9. The molecule has 0 fully saturated rings. The Morgan fingerprint density at radius 3 is 2.79 bits per heavy atom. The quantitative estimate of drug-likeness (QED) is 0.786. The van der Waals surface area contributed by atoms with Crippen LogP contribution in [0, 0.1) is 5.82 Å². The third-order valence-electron chi connectivity index (χ3n) is 3.47. The number of aromatic nitrogens is 2. The van der Waals surface area contributed by atoms with Crippen LogP contribution in [0.25, 0.3) is 11.0 Å². The van der Waals surface area contributed by atoms with Crippen molar-refractivity contribution >= 4 is 22.6 Å². The number of likely N-dealkylation sites (N-methyl/N-ethyl adjacent to an activating group) is 1. The Kier molecular flexibility index (Phi) is 4.42. The van der Waals surface area contributed by atoms with Gasteiger partial charge < -0.3 is 9.47 Å². The van der Waals surface area contributed by atoms with Gasteiger partial charge >= 0.3 is 0 Å². The number of imidazole rings is 1. The molecule has 0 atom stereocenters. The Hall–Kier alpha value is -1.13. The highest BCUT2D eigenvalue weighted by atomic mass is 35.5. The highest BCUT2D eigenvalue weighted by Crippen LogP contribution is 2.19. The molecule has 0 unspecified atom stereocenters. The van der Waals surface area contributed by atoms with Crippen molar-refractivity contribution in [3.8, 4) is 0 Å². The first-order chi connectivity index (χ1) is 9.02. The molecule has 3 nitrogen and oxygen atoms in total. The van der Waals surface area contributed by atoms with E-state index in [4.69, 9.17) is 11.6 Å². The second-order valence-electron chi connectivity index (χ2n) is 5.02. The maximum absolute atomic E-state index is 13.2. The first kappa shape index (κ1) is 14.3. The summed E-state index contributed by atoms with van der Waals surface area (Å²) in [6, 6.07) is 5.17. The van der Waals surface area contributed by atoms with E-state index in [1.807, 2.05) is 0 Å². The maximum Gasteiger partial charge on any atom is 0.125 e. The summed E-state index contributed by atoms with van der Waals surface area (Å²) in [5.74, 6) is 0.860. The Morgan fingerprint density at radius 1 is 1.42 bits per heavy atom. The zero-order valence-electron chi connectivity index (χ0n) is 11.5. The van der Waals surface area contributed by atoms with E-state index in [0.29, 0.717) is 17.4 Å². The second kappa shape index (κ2) is 5.88. The molecule has 0 saturated carbocycles. The van der Waals surface area contributed by atoms with E-state index in [2.05, 4.69) is 35.3 Å². The van der Waals surface area contributed by atoms with Crippen molar-refractivity contribution in [2.24, 2.45) is 0 Å². The van der Waals surface area contributed by atoms with Crippen molar-refractivity contribution in [2.75, 3.05) is 13.6 Å². The van der Waals surface area contributed by atoms with Gasteiger partial charge in [0.15, 0.2) is 0 Å². The predicted molar refractivity (Wildman–Crippen MR) is 77.0 cm³/mol. The van der Waals surface area contributed by atoms with E-state index in [1.54, 1.807) is 6.07 Å². The molecule has 0 aliphatic rings. The first-order valence-electron chi connectivity index (χ1n) is 6.43. The molecule has 1 aromatic carbocycles. The summed E-state index contributed by atoms with van der Waals surface area (Å²) in [6.07, 6.45) is 0. The molecule has 19 heavy (non-hydrogen) atoms. The number of alkyl halides is 1. The fourth-order valence-corrected chi connectivity index (χ4v) is 2.22. The number of benzene rings is 1.